The number of fused-ring (bicyclic) bond motifs is 3. The molecule has 96 valence electrons. The molecule has 2 aliphatic rings. The maximum absolute atomic E-state index is 12.4. The van der Waals surface area contributed by atoms with Crippen LogP contribution in [0.25, 0.3) is 0 Å². The van der Waals surface area contributed by atoms with Gasteiger partial charge in [-0.3, -0.25) is 4.79 Å². The molecule has 4 nitrogen and oxygen atoms in total. The molecular formula is C13H16ClN3O. The van der Waals surface area contributed by atoms with Crippen LogP contribution in [-0.4, -0.2) is 38.6 Å². The summed E-state index contributed by atoms with van der Waals surface area (Å²) in [5, 5.41) is 4.00. The van der Waals surface area contributed by atoms with Crippen LogP contribution in [0.15, 0.2) is 12.1 Å². The Morgan fingerprint density at radius 3 is 3.00 bits per heavy atom. The summed E-state index contributed by atoms with van der Waals surface area (Å²) in [6, 6.07) is 3.77. The van der Waals surface area contributed by atoms with E-state index in [0.29, 0.717) is 6.54 Å². The van der Waals surface area contributed by atoms with Crippen LogP contribution in [0.4, 0.5) is 11.4 Å². The number of rotatable bonds is 0. The summed E-state index contributed by atoms with van der Waals surface area (Å²) in [7, 11) is 1.84. The lowest BCUT2D eigenvalue weighted by Crippen LogP contribution is -2.61. The third-order valence-electron chi connectivity index (χ3n) is 3.75. The molecular weight excluding hydrogens is 250 g/mol. The number of halogens is 1. The van der Waals surface area contributed by atoms with Crippen molar-refractivity contribution in [2.45, 2.75) is 13.0 Å². The standard InChI is InChI=1S/C13H16ClN3O/c1-8-5-9(14)6-10-12(8)16(2)13(18)11-7-15-3-4-17(10)11/h5-6,11,15H,3-4,7H2,1-2H3. The number of carbonyl (C=O) groups excluding carboxylic acids is 1. The molecule has 0 aromatic heterocycles. The number of aryl methyl sites for hydroxylation is 1. The quantitative estimate of drug-likeness (QED) is 0.770. The molecule has 3 rings (SSSR count). The molecule has 2 heterocycles. The first-order valence-electron chi connectivity index (χ1n) is 6.14. The minimum Gasteiger partial charge on any atom is -0.355 e. The molecule has 1 fully saturated rings. The van der Waals surface area contributed by atoms with Crippen molar-refractivity contribution >= 4 is 28.9 Å². The summed E-state index contributed by atoms with van der Waals surface area (Å²) in [5.74, 6) is 0.153. The van der Waals surface area contributed by atoms with Gasteiger partial charge in [-0.15, -0.1) is 0 Å². The molecule has 0 bridgehead atoms. The molecule has 18 heavy (non-hydrogen) atoms. The van der Waals surface area contributed by atoms with Gasteiger partial charge in [-0.2, -0.15) is 0 Å². The van der Waals surface area contributed by atoms with Gasteiger partial charge in [-0.25, -0.2) is 0 Å². The molecule has 2 aliphatic heterocycles. The number of nitrogens with zero attached hydrogens (tertiary/aromatic N) is 2. The zero-order valence-corrected chi connectivity index (χ0v) is 11.3. The Morgan fingerprint density at radius 1 is 1.44 bits per heavy atom. The van der Waals surface area contributed by atoms with E-state index < -0.39 is 0 Å². The number of amides is 1. The predicted octanol–water partition coefficient (Wildman–Crippen LogP) is 1.40. The topological polar surface area (TPSA) is 35.6 Å². The molecule has 1 aromatic rings. The fraction of sp³-hybridized carbons (Fsp3) is 0.462. The maximum Gasteiger partial charge on any atom is 0.250 e. The van der Waals surface area contributed by atoms with E-state index in [-0.39, 0.29) is 11.9 Å². The minimum absolute atomic E-state index is 0.103. The van der Waals surface area contributed by atoms with Gasteiger partial charge in [0.25, 0.3) is 5.91 Å². The zero-order valence-electron chi connectivity index (χ0n) is 10.5. The van der Waals surface area contributed by atoms with Gasteiger partial charge in [-0.1, -0.05) is 11.6 Å². The third kappa shape index (κ3) is 1.60. The lowest BCUT2D eigenvalue weighted by molar-refractivity contribution is -0.120. The van der Waals surface area contributed by atoms with Gasteiger partial charge in [0.05, 0.1) is 11.4 Å². The highest BCUT2D eigenvalue weighted by Gasteiger charge is 2.38. The van der Waals surface area contributed by atoms with E-state index in [1.54, 1.807) is 4.90 Å². The van der Waals surface area contributed by atoms with Crippen LogP contribution in [0.2, 0.25) is 5.02 Å². The van der Waals surface area contributed by atoms with Crippen molar-refractivity contribution in [2.24, 2.45) is 0 Å². The van der Waals surface area contributed by atoms with Crippen LogP contribution >= 0.6 is 11.6 Å². The van der Waals surface area contributed by atoms with E-state index >= 15 is 0 Å². The van der Waals surface area contributed by atoms with Crippen LogP contribution in [0.5, 0.6) is 0 Å². The Labute approximate surface area is 112 Å². The number of nitrogens with one attached hydrogen (secondary N) is 1. The largest absolute Gasteiger partial charge is 0.355 e. The Kier molecular flexibility index (Phi) is 2.72. The van der Waals surface area contributed by atoms with Gasteiger partial charge in [0.1, 0.15) is 6.04 Å². The summed E-state index contributed by atoms with van der Waals surface area (Å²) >= 11 is 6.15. The number of likely N-dealkylation sites (N-methyl/N-ethyl adjacent to an activating group) is 1. The lowest BCUT2D eigenvalue weighted by Gasteiger charge is -2.45. The highest BCUT2D eigenvalue weighted by atomic mass is 35.5. The fourth-order valence-electron chi connectivity index (χ4n) is 2.92. The molecule has 0 spiro atoms. The molecule has 1 saturated heterocycles. The van der Waals surface area contributed by atoms with E-state index in [1.165, 1.54) is 0 Å². The third-order valence-corrected chi connectivity index (χ3v) is 3.97. The van der Waals surface area contributed by atoms with Crippen molar-refractivity contribution in [3.63, 3.8) is 0 Å². The van der Waals surface area contributed by atoms with Crippen molar-refractivity contribution in [1.82, 2.24) is 5.32 Å². The normalized spacial score (nSPS) is 22.8. The SMILES string of the molecule is Cc1cc(Cl)cc2c1N(C)C(=O)C1CNCCN21. The van der Waals surface area contributed by atoms with E-state index in [2.05, 4.69) is 10.2 Å². The van der Waals surface area contributed by atoms with Crippen molar-refractivity contribution in [1.29, 1.82) is 0 Å². The molecule has 0 radical (unpaired) electrons. The molecule has 1 aromatic carbocycles. The van der Waals surface area contributed by atoms with Gasteiger partial charge in [0.15, 0.2) is 0 Å². The van der Waals surface area contributed by atoms with Crippen LogP contribution in [-0.2, 0) is 4.79 Å². The van der Waals surface area contributed by atoms with Gasteiger partial charge < -0.3 is 15.1 Å². The summed E-state index contributed by atoms with van der Waals surface area (Å²) < 4.78 is 0. The van der Waals surface area contributed by atoms with Crippen molar-refractivity contribution in [2.75, 3.05) is 36.5 Å². The van der Waals surface area contributed by atoms with Crippen molar-refractivity contribution in [3.8, 4) is 0 Å². The highest BCUT2D eigenvalue weighted by Crippen LogP contribution is 2.40. The first kappa shape index (κ1) is 11.8. The summed E-state index contributed by atoms with van der Waals surface area (Å²) in [4.78, 5) is 16.3. The van der Waals surface area contributed by atoms with Gasteiger partial charge in [0.2, 0.25) is 0 Å². The number of anilines is 2. The second-order valence-corrected chi connectivity index (χ2v) is 5.34. The Bertz CT molecular complexity index is 517. The van der Waals surface area contributed by atoms with Gasteiger partial charge in [-0.05, 0) is 24.6 Å². The lowest BCUT2D eigenvalue weighted by atomic mass is 10.0. The van der Waals surface area contributed by atoms with Gasteiger partial charge >= 0.3 is 0 Å². The number of carbonyl (C=O) groups is 1. The van der Waals surface area contributed by atoms with Crippen LogP contribution in [0.3, 0.4) is 0 Å². The average molecular weight is 266 g/mol. The van der Waals surface area contributed by atoms with Crippen LogP contribution in [0.1, 0.15) is 5.56 Å². The average Bonchev–Trinajstić information content (AvgIpc) is 2.35. The predicted molar refractivity (Wildman–Crippen MR) is 73.6 cm³/mol. The Hall–Kier alpha value is -1.26. The molecule has 1 amide bonds. The van der Waals surface area contributed by atoms with E-state index in [1.807, 2.05) is 26.1 Å². The molecule has 1 N–H and O–H groups in total. The monoisotopic (exact) mass is 265 g/mol. The first-order chi connectivity index (χ1) is 8.59. The molecule has 0 aliphatic carbocycles. The smallest absolute Gasteiger partial charge is 0.250 e. The van der Waals surface area contributed by atoms with E-state index in [4.69, 9.17) is 11.6 Å². The molecule has 1 atom stereocenters. The second kappa shape index (κ2) is 4.14. The number of benzene rings is 1. The maximum atomic E-state index is 12.4. The molecule has 1 unspecified atom stereocenters. The van der Waals surface area contributed by atoms with E-state index in [0.717, 1.165) is 35.1 Å². The zero-order chi connectivity index (χ0) is 12.9. The fourth-order valence-corrected chi connectivity index (χ4v) is 3.19. The Morgan fingerprint density at radius 2 is 2.22 bits per heavy atom. The van der Waals surface area contributed by atoms with E-state index in [9.17, 15) is 4.79 Å². The summed E-state index contributed by atoms with van der Waals surface area (Å²) in [6.07, 6.45) is 0. The Balaban J connectivity index is 2.18. The van der Waals surface area contributed by atoms with Crippen LogP contribution < -0.4 is 15.1 Å². The van der Waals surface area contributed by atoms with Gasteiger partial charge in [0, 0.05) is 31.7 Å². The molecule has 0 saturated carbocycles. The van der Waals surface area contributed by atoms with Crippen molar-refractivity contribution < 1.29 is 4.79 Å². The van der Waals surface area contributed by atoms with Crippen molar-refractivity contribution in [3.05, 3.63) is 22.7 Å². The van der Waals surface area contributed by atoms with Crippen LogP contribution in [0, 0.1) is 6.92 Å². The first-order valence-corrected chi connectivity index (χ1v) is 6.52. The number of hydrogen-bond acceptors (Lipinski definition) is 3. The number of hydrogen-bond donors (Lipinski definition) is 1. The minimum atomic E-state index is -0.103. The highest BCUT2D eigenvalue weighted by molar-refractivity contribution is 6.31. The summed E-state index contributed by atoms with van der Waals surface area (Å²) in [6.45, 7) is 4.45. The summed E-state index contributed by atoms with van der Waals surface area (Å²) in [5.41, 5.74) is 3.11. The second-order valence-electron chi connectivity index (χ2n) is 4.90. The molecule has 5 heteroatoms. The number of piperazine rings is 1.